The van der Waals surface area contributed by atoms with Crippen molar-refractivity contribution in [2.45, 2.75) is 0 Å². The maximum Gasteiger partial charge on any atom is 0.162 e. The molecule has 0 amide bonds. The van der Waals surface area contributed by atoms with Crippen LogP contribution in [0.15, 0.2) is 36.5 Å². The second-order valence-electron chi connectivity index (χ2n) is 3.72. The Bertz CT molecular complexity index is 557. The Labute approximate surface area is 104 Å². The number of rotatable bonds is 1. The first-order valence-electron chi connectivity index (χ1n) is 5.34. The third-order valence-electron chi connectivity index (χ3n) is 2.56. The van der Waals surface area contributed by atoms with E-state index in [1.165, 1.54) is 0 Å². The van der Waals surface area contributed by atoms with E-state index in [9.17, 15) is 0 Å². The fourth-order valence-electron chi connectivity index (χ4n) is 1.77. The van der Waals surface area contributed by atoms with E-state index in [1.54, 1.807) is 12.3 Å². The van der Waals surface area contributed by atoms with Crippen LogP contribution in [0.25, 0.3) is 11.3 Å². The molecule has 86 valence electrons. The highest BCUT2D eigenvalue weighted by atomic mass is 35.5. The first-order chi connectivity index (χ1) is 8.33. The zero-order chi connectivity index (χ0) is 11.7. The molecule has 0 aliphatic carbocycles. The molecule has 2 aromatic rings. The first-order valence-corrected chi connectivity index (χ1v) is 5.72. The van der Waals surface area contributed by atoms with Gasteiger partial charge in [0.05, 0.1) is 5.69 Å². The summed E-state index contributed by atoms with van der Waals surface area (Å²) >= 11 is 5.94. The molecule has 0 atom stereocenters. The van der Waals surface area contributed by atoms with Gasteiger partial charge >= 0.3 is 0 Å². The Kier molecular flexibility index (Phi) is 2.61. The number of hydrogen-bond donors (Lipinski definition) is 0. The molecule has 3 nitrogen and oxygen atoms in total. The predicted molar refractivity (Wildman–Crippen MR) is 65.7 cm³/mol. The third kappa shape index (κ3) is 2.06. The first kappa shape index (κ1) is 10.4. The van der Waals surface area contributed by atoms with Gasteiger partial charge in [-0.15, -0.1) is 0 Å². The van der Waals surface area contributed by atoms with Crippen molar-refractivity contribution in [1.29, 1.82) is 0 Å². The van der Waals surface area contributed by atoms with Crippen molar-refractivity contribution >= 4 is 11.6 Å². The van der Waals surface area contributed by atoms with Gasteiger partial charge < -0.3 is 9.47 Å². The molecule has 1 aliphatic heterocycles. The average molecular weight is 248 g/mol. The lowest BCUT2D eigenvalue weighted by atomic mass is 10.1. The van der Waals surface area contributed by atoms with Gasteiger partial charge in [-0.3, -0.25) is 4.98 Å². The van der Waals surface area contributed by atoms with Crippen molar-refractivity contribution in [2.24, 2.45) is 0 Å². The molecule has 3 rings (SSSR count). The van der Waals surface area contributed by atoms with Gasteiger partial charge in [0, 0.05) is 16.8 Å². The summed E-state index contributed by atoms with van der Waals surface area (Å²) in [6.45, 7) is 1.18. The minimum atomic E-state index is 0.583. The molecule has 0 bridgehead atoms. The Morgan fingerprint density at radius 2 is 1.82 bits per heavy atom. The fraction of sp³-hybridized carbons (Fsp3) is 0.154. The summed E-state index contributed by atoms with van der Waals surface area (Å²) in [5.41, 5.74) is 1.80. The Morgan fingerprint density at radius 3 is 2.65 bits per heavy atom. The quantitative estimate of drug-likeness (QED) is 0.776. The zero-order valence-electron chi connectivity index (χ0n) is 9.02. The number of pyridine rings is 1. The van der Waals surface area contributed by atoms with Crippen molar-refractivity contribution < 1.29 is 9.47 Å². The molecule has 0 saturated carbocycles. The van der Waals surface area contributed by atoms with E-state index in [0.29, 0.717) is 18.2 Å². The van der Waals surface area contributed by atoms with Gasteiger partial charge in [-0.05, 0) is 30.3 Å². The molecule has 0 unspecified atom stereocenters. The molecule has 0 N–H and O–H groups in total. The molecule has 1 aromatic carbocycles. The summed E-state index contributed by atoms with van der Waals surface area (Å²) in [5.74, 6) is 1.54. The zero-order valence-corrected chi connectivity index (χ0v) is 9.78. The van der Waals surface area contributed by atoms with Crippen LogP contribution in [-0.2, 0) is 0 Å². The van der Waals surface area contributed by atoms with E-state index < -0.39 is 0 Å². The van der Waals surface area contributed by atoms with Gasteiger partial charge in [0.15, 0.2) is 11.5 Å². The Balaban J connectivity index is 2.04. The summed E-state index contributed by atoms with van der Waals surface area (Å²) < 4.78 is 11.0. The van der Waals surface area contributed by atoms with Crippen LogP contribution in [0.2, 0.25) is 5.02 Å². The van der Waals surface area contributed by atoms with Crippen molar-refractivity contribution in [3.05, 3.63) is 41.6 Å². The molecule has 0 fully saturated rings. The summed E-state index contributed by atoms with van der Waals surface area (Å²) in [6.07, 6.45) is 1.69. The Morgan fingerprint density at radius 1 is 1.00 bits per heavy atom. The highest BCUT2D eigenvalue weighted by Crippen LogP contribution is 2.34. The van der Waals surface area contributed by atoms with Gasteiger partial charge in [-0.2, -0.15) is 0 Å². The highest BCUT2D eigenvalue weighted by molar-refractivity contribution is 6.30. The van der Waals surface area contributed by atoms with E-state index in [4.69, 9.17) is 21.1 Å². The number of halogens is 1. The largest absolute Gasteiger partial charge is 0.486 e. The van der Waals surface area contributed by atoms with Crippen LogP contribution < -0.4 is 9.47 Å². The minimum absolute atomic E-state index is 0.583. The lowest BCUT2D eigenvalue weighted by Crippen LogP contribution is -2.15. The highest BCUT2D eigenvalue weighted by Gasteiger charge is 2.12. The van der Waals surface area contributed by atoms with Crippen LogP contribution in [0.4, 0.5) is 0 Å². The summed E-state index contributed by atoms with van der Waals surface area (Å²) in [5, 5.41) is 0.671. The molecular formula is C13H10ClNO2. The summed E-state index contributed by atoms with van der Waals surface area (Å²) in [7, 11) is 0. The minimum Gasteiger partial charge on any atom is -0.486 e. The van der Waals surface area contributed by atoms with Crippen molar-refractivity contribution in [1.82, 2.24) is 4.98 Å². The normalized spacial score (nSPS) is 13.5. The van der Waals surface area contributed by atoms with Gasteiger partial charge in [0.1, 0.15) is 13.2 Å². The van der Waals surface area contributed by atoms with Crippen LogP contribution in [0.5, 0.6) is 11.5 Å². The summed E-state index contributed by atoms with van der Waals surface area (Å²) in [4.78, 5) is 4.28. The van der Waals surface area contributed by atoms with E-state index in [1.807, 2.05) is 24.3 Å². The molecule has 4 heteroatoms. The molecule has 0 saturated heterocycles. The van der Waals surface area contributed by atoms with Crippen molar-refractivity contribution in [2.75, 3.05) is 13.2 Å². The van der Waals surface area contributed by atoms with Crippen LogP contribution in [-0.4, -0.2) is 18.2 Å². The maximum absolute atomic E-state index is 5.94. The van der Waals surface area contributed by atoms with Gasteiger partial charge in [0.25, 0.3) is 0 Å². The van der Waals surface area contributed by atoms with Crippen LogP contribution >= 0.6 is 11.6 Å². The number of benzene rings is 1. The number of hydrogen-bond acceptors (Lipinski definition) is 3. The number of ether oxygens (including phenoxy) is 2. The fourth-order valence-corrected chi connectivity index (χ4v) is 1.93. The molecule has 0 spiro atoms. The second kappa shape index (κ2) is 4.26. The lowest BCUT2D eigenvalue weighted by Gasteiger charge is -2.18. The van der Waals surface area contributed by atoms with Crippen LogP contribution in [0, 0.1) is 0 Å². The molecule has 2 heterocycles. The maximum atomic E-state index is 5.94. The SMILES string of the molecule is Clc1ccnc(-c2ccc3c(c2)OCCO3)c1. The van der Waals surface area contributed by atoms with Gasteiger partial charge in [0.2, 0.25) is 0 Å². The van der Waals surface area contributed by atoms with Gasteiger partial charge in [-0.25, -0.2) is 0 Å². The average Bonchev–Trinajstić information content (AvgIpc) is 2.38. The van der Waals surface area contributed by atoms with Crippen molar-refractivity contribution in [3.63, 3.8) is 0 Å². The third-order valence-corrected chi connectivity index (χ3v) is 2.80. The van der Waals surface area contributed by atoms with Crippen molar-refractivity contribution in [3.8, 4) is 22.8 Å². The number of fused-ring (bicyclic) bond motifs is 1. The van der Waals surface area contributed by atoms with Gasteiger partial charge in [-0.1, -0.05) is 11.6 Å². The molecule has 1 aromatic heterocycles. The monoisotopic (exact) mass is 247 g/mol. The molecule has 0 radical (unpaired) electrons. The molecule has 1 aliphatic rings. The van der Waals surface area contributed by atoms with E-state index >= 15 is 0 Å². The predicted octanol–water partition coefficient (Wildman–Crippen LogP) is 3.17. The molecule has 17 heavy (non-hydrogen) atoms. The number of nitrogens with zero attached hydrogens (tertiary/aromatic N) is 1. The van der Waals surface area contributed by atoms with Crippen LogP contribution in [0.3, 0.4) is 0 Å². The van der Waals surface area contributed by atoms with E-state index in [-0.39, 0.29) is 0 Å². The summed E-state index contributed by atoms with van der Waals surface area (Å²) in [6, 6.07) is 9.35. The Hall–Kier alpha value is -1.74. The van der Waals surface area contributed by atoms with Crippen LogP contribution in [0.1, 0.15) is 0 Å². The smallest absolute Gasteiger partial charge is 0.162 e. The van der Waals surface area contributed by atoms with E-state index in [2.05, 4.69) is 4.98 Å². The van der Waals surface area contributed by atoms with E-state index in [0.717, 1.165) is 22.8 Å². The standard InChI is InChI=1S/C13H10ClNO2/c14-10-3-4-15-11(8-10)9-1-2-12-13(7-9)17-6-5-16-12/h1-4,7-8H,5-6H2. The number of aromatic nitrogens is 1. The topological polar surface area (TPSA) is 31.4 Å². The second-order valence-corrected chi connectivity index (χ2v) is 4.15. The molecular weight excluding hydrogens is 238 g/mol. The lowest BCUT2D eigenvalue weighted by molar-refractivity contribution is 0.171.